The normalized spacial score (nSPS) is 9.86. The summed E-state index contributed by atoms with van der Waals surface area (Å²) >= 11 is 3.27. The number of hydrogen-bond acceptors (Lipinski definition) is 6. The summed E-state index contributed by atoms with van der Waals surface area (Å²) in [6.07, 6.45) is 5.91. The van der Waals surface area contributed by atoms with Gasteiger partial charge in [-0.15, -0.1) is 22.7 Å². The van der Waals surface area contributed by atoms with Crippen LogP contribution in [0.25, 0.3) is 21.3 Å². The summed E-state index contributed by atoms with van der Waals surface area (Å²) in [5, 5.41) is 20.8. The third kappa shape index (κ3) is 3.99. The van der Waals surface area contributed by atoms with Gasteiger partial charge >= 0.3 is 11.9 Å². The van der Waals surface area contributed by atoms with Crippen LogP contribution in [0.5, 0.6) is 0 Å². The van der Waals surface area contributed by atoms with Crippen LogP contribution in [0.15, 0.2) is 35.4 Å². The summed E-state index contributed by atoms with van der Waals surface area (Å²) in [5.74, 6) is -3.65. The van der Waals surface area contributed by atoms with Gasteiger partial charge < -0.3 is 14.8 Å². The van der Waals surface area contributed by atoms with Crippen molar-refractivity contribution >= 4 is 34.6 Å². The third-order valence-corrected chi connectivity index (χ3v) is 4.10. The molecular formula is C13H11N3O4S2. The highest BCUT2D eigenvalue weighted by atomic mass is 32.1. The van der Waals surface area contributed by atoms with Crippen molar-refractivity contribution in [3.8, 4) is 21.3 Å². The number of aliphatic carboxylic acids is 2. The maximum Gasteiger partial charge on any atom is 0.414 e. The van der Waals surface area contributed by atoms with E-state index in [1.54, 1.807) is 22.7 Å². The van der Waals surface area contributed by atoms with E-state index in [2.05, 4.69) is 27.6 Å². The fourth-order valence-electron chi connectivity index (χ4n) is 1.48. The van der Waals surface area contributed by atoms with E-state index in [1.807, 2.05) is 29.4 Å². The van der Waals surface area contributed by atoms with E-state index in [1.165, 1.54) is 0 Å². The molecule has 114 valence electrons. The topological polar surface area (TPSA) is 105 Å². The van der Waals surface area contributed by atoms with Crippen molar-refractivity contribution < 1.29 is 19.8 Å². The van der Waals surface area contributed by atoms with Gasteiger partial charge in [0.25, 0.3) is 0 Å². The number of carbonyl (C=O) groups is 2. The molecule has 0 aromatic carbocycles. The average molecular weight is 337 g/mol. The Labute approximate surface area is 133 Å². The zero-order valence-electron chi connectivity index (χ0n) is 11.3. The highest BCUT2D eigenvalue weighted by molar-refractivity contribution is 7.15. The van der Waals surface area contributed by atoms with Gasteiger partial charge in [0.05, 0.1) is 0 Å². The lowest BCUT2D eigenvalue weighted by Crippen LogP contribution is -2.09. The largest absolute Gasteiger partial charge is 0.473 e. The minimum absolute atomic E-state index is 0.971. The van der Waals surface area contributed by atoms with Gasteiger partial charge in [-0.25, -0.2) is 19.6 Å². The Morgan fingerprint density at radius 1 is 1.18 bits per heavy atom. The number of carboxylic acid groups (broad SMARTS) is 2. The SMILES string of the molecule is Cn1ccc(-c2nc(-c3nccs3)cs2)c1.O=C(O)C(=O)O. The third-order valence-electron chi connectivity index (χ3n) is 2.42. The Kier molecular flexibility index (Phi) is 5.02. The van der Waals surface area contributed by atoms with Gasteiger partial charge in [-0.3, -0.25) is 0 Å². The molecule has 3 heterocycles. The van der Waals surface area contributed by atoms with E-state index in [4.69, 9.17) is 19.8 Å². The summed E-state index contributed by atoms with van der Waals surface area (Å²) in [6.45, 7) is 0. The molecule has 3 aromatic heterocycles. The van der Waals surface area contributed by atoms with Gasteiger partial charge in [0.1, 0.15) is 15.7 Å². The summed E-state index contributed by atoms with van der Waals surface area (Å²) < 4.78 is 2.03. The number of rotatable bonds is 2. The van der Waals surface area contributed by atoms with E-state index < -0.39 is 11.9 Å². The number of hydrogen-bond donors (Lipinski definition) is 2. The van der Waals surface area contributed by atoms with E-state index in [9.17, 15) is 0 Å². The maximum absolute atomic E-state index is 9.10. The smallest absolute Gasteiger partial charge is 0.414 e. The fourth-order valence-corrected chi connectivity index (χ4v) is 2.95. The molecule has 9 heteroatoms. The lowest BCUT2D eigenvalue weighted by atomic mass is 10.3. The fraction of sp³-hybridized carbons (Fsp3) is 0.0769. The minimum Gasteiger partial charge on any atom is -0.473 e. The second kappa shape index (κ2) is 6.96. The highest BCUT2D eigenvalue weighted by Crippen LogP contribution is 2.29. The molecule has 7 nitrogen and oxygen atoms in total. The molecule has 0 aliphatic heterocycles. The second-order valence-electron chi connectivity index (χ2n) is 4.05. The first-order valence-corrected chi connectivity index (χ1v) is 7.67. The van der Waals surface area contributed by atoms with Gasteiger partial charge in [-0.1, -0.05) is 0 Å². The van der Waals surface area contributed by atoms with Gasteiger partial charge in [-0.05, 0) is 6.07 Å². The van der Waals surface area contributed by atoms with Crippen molar-refractivity contribution in [1.82, 2.24) is 14.5 Å². The summed E-state index contributed by atoms with van der Waals surface area (Å²) in [4.78, 5) is 27.0. The van der Waals surface area contributed by atoms with Gasteiger partial charge in [0, 0.05) is 42.0 Å². The molecule has 0 atom stereocenters. The monoisotopic (exact) mass is 337 g/mol. The first kappa shape index (κ1) is 15.9. The summed E-state index contributed by atoms with van der Waals surface area (Å²) in [5.41, 5.74) is 2.13. The molecule has 3 aromatic rings. The molecule has 0 saturated carbocycles. The van der Waals surface area contributed by atoms with Gasteiger partial charge in [0.2, 0.25) is 0 Å². The molecule has 22 heavy (non-hydrogen) atoms. The zero-order valence-corrected chi connectivity index (χ0v) is 13.0. The standard InChI is InChI=1S/C11H9N3S2.C2H2O4/c1-14-4-2-8(6-14)10-13-9(7-16-10)11-12-3-5-15-11;3-1(4)2(5)6/h2-7H,1H3;(H,3,4)(H,5,6). The van der Waals surface area contributed by atoms with E-state index >= 15 is 0 Å². The van der Waals surface area contributed by atoms with Crippen molar-refractivity contribution in [1.29, 1.82) is 0 Å². The predicted octanol–water partition coefficient (Wildman–Crippen LogP) is 2.43. The molecule has 0 bridgehead atoms. The molecular weight excluding hydrogens is 326 g/mol. The number of aromatic nitrogens is 3. The van der Waals surface area contributed by atoms with Gasteiger partial charge in [-0.2, -0.15) is 0 Å². The Balaban J connectivity index is 0.000000254. The van der Waals surface area contributed by atoms with Crippen LogP contribution in [0.1, 0.15) is 0 Å². The van der Waals surface area contributed by atoms with Crippen molar-refractivity contribution in [2.75, 3.05) is 0 Å². The average Bonchev–Trinajstić information content (AvgIpc) is 3.19. The van der Waals surface area contributed by atoms with Crippen molar-refractivity contribution in [2.45, 2.75) is 0 Å². The van der Waals surface area contributed by atoms with E-state index in [-0.39, 0.29) is 0 Å². The van der Waals surface area contributed by atoms with Crippen LogP contribution in [0, 0.1) is 0 Å². The Bertz CT molecular complexity index is 765. The molecule has 0 spiro atoms. The first-order valence-electron chi connectivity index (χ1n) is 5.91. The molecule has 3 rings (SSSR count). The minimum atomic E-state index is -1.82. The zero-order chi connectivity index (χ0) is 16.1. The molecule has 0 unspecified atom stereocenters. The van der Waals surface area contributed by atoms with Crippen LogP contribution in [0.3, 0.4) is 0 Å². The lowest BCUT2D eigenvalue weighted by molar-refractivity contribution is -0.159. The number of thiazole rings is 2. The van der Waals surface area contributed by atoms with E-state index in [0.29, 0.717) is 0 Å². The molecule has 0 saturated heterocycles. The van der Waals surface area contributed by atoms with Crippen LogP contribution < -0.4 is 0 Å². The van der Waals surface area contributed by atoms with E-state index in [0.717, 1.165) is 21.3 Å². The van der Waals surface area contributed by atoms with Crippen LogP contribution >= 0.6 is 22.7 Å². The lowest BCUT2D eigenvalue weighted by Gasteiger charge is -1.89. The Hall–Kier alpha value is -2.52. The van der Waals surface area contributed by atoms with Crippen LogP contribution in [0.2, 0.25) is 0 Å². The summed E-state index contributed by atoms with van der Waals surface area (Å²) in [7, 11) is 2.01. The van der Waals surface area contributed by atoms with Crippen molar-refractivity contribution in [2.24, 2.45) is 7.05 Å². The number of aryl methyl sites for hydroxylation is 1. The molecule has 0 aliphatic rings. The maximum atomic E-state index is 9.10. The predicted molar refractivity (Wildman–Crippen MR) is 82.9 cm³/mol. The number of nitrogens with zero attached hydrogens (tertiary/aromatic N) is 3. The quantitative estimate of drug-likeness (QED) is 0.696. The Morgan fingerprint density at radius 2 is 1.91 bits per heavy atom. The molecule has 0 aliphatic carbocycles. The van der Waals surface area contributed by atoms with Crippen molar-refractivity contribution in [3.63, 3.8) is 0 Å². The first-order chi connectivity index (χ1) is 10.5. The van der Waals surface area contributed by atoms with Crippen LogP contribution in [-0.4, -0.2) is 36.7 Å². The Morgan fingerprint density at radius 3 is 2.41 bits per heavy atom. The second-order valence-corrected chi connectivity index (χ2v) is 5.80. The number of carboxylic acids is 2. The van der Waals surface area contributed by atoms with Crippen LogP contribution in [0.4, 0.5) is 0 Å². The molecule has 0 amide bonds. The highest BCUT2D eigenvalue weighted by Gasteiger charge is 2.08. The molecule has 2 N–H and O–H groups in total. The molecule has 0 radical (unpaired) electrons. The molecule has 0 fully saturated rings. The van der Waals surface area contributed by atoms with Gasteiger partial charge in [0.15, 0.2) is 0 Å². The van der Waals surface area contributed by atoms with Crippen molar-refractivity contribution in [3.05, 3.63) is 35.4 Å². The van der Waals surface area contributed by atoms with Crippen LogP contribution in [-0.2, 0) is 16.6 Å². The summed E-state index contributed by atoms with van der Waals surface area (Å²) in [6, 6.07) is 2.07.